The Bertz CT molecular complexity index is 1740. The van der Waals surface area contributed by atoms with Crippen LogP contribution >= 0.6 is 11.3 Å². The van der Waals surface area contributed by atoms with Gasteiger partial charge in [-0.05, 0) is 67.3 Å². The highest BCUT2D eigenvalue weighted by atomic mass is 32.1. The van der Waals surface area contributed by atoms with Crippen molar-refractivity contribution >= 4 is 38.5 Å². The molecular weight excluding hydrogens is 578 g/mol. The topological polar surface area (TPSA) is 153 Å². The first-order valence-electron chi connectivity index (χ1n) is 12.8. The molecule has 0 spiro atoms. The number of halogens is 4. The molecule has 1 unspecified atom stereocenters. The second kappa shape index (κ2) is 9.63. The molecule has 0 radical (unpaired) electrons. The van der Waals surface area contributed by atoms with Crippen LogP contribution in [0.3, 0.4) is 0 Å². The quantitative estimate of drug-likeness (QED) is 0.235. The first-order valence-corrected chi connectivity index (χ1v) is 13.6. The van der Waals surface area contributed by atoms with Gasteiger partial charge in [-0.25, -0.2) is 14.4 Å². The van der Waals surface area contributed by atoms with E-state index < -0.39 is 47.1 Å². The van der Waals surface area contributed by atoms with Crippen LogP contribution in [0.15, 0.2) is 48.5 Å². The van der Waals surface area contributed by atoms with Crippen molar-refractivity contribution in [3.8, 4) is 17.0 Å². The van der Waals surface area contributed by atoms with Crippen molar-refractivity contribution in [3.63, 3.8) is 0 Å². The molecule has 1 saturated carbocycles. The first kappa shape index (κ1) is 27.8. The number of primary amides is 1. The van der Waals surface area contributed by atoms with E-state index in [9.17, 15) is 32.3 Å². The molecule has 2 aliphatic rings. The lowest BCUT2D eigenvalue weighted by Gasteiger charge is -2.32. The molecule has 1 aliphatic carbocycles. The minimum absolute atomic E-state index is 0.0273. The Morgan fingerprint density at radius 2 is 1.83 bits per heavy atom. The minimum atomic E-state index is -5.33. The number of benzene rings is 2. The fraction of sp³-hybridized carbons (Fsp3) is 0.286. The third kappa shape index (κ3) is 4.41. The summed E-state index contributed by atoms with van der Waals surface area (Å²) >= 11 is 1.10. The van der Waals surface area contributed by atoms with Crippen LogP contribution in [0.1, 0.15) is 34.5 Å². The lowest BCUT2D eigenvalue weighted by Crippen LogP contribution is -2.52. The molecule has 218 valence electrons. The Labute approximate surface area is 239 Å². The smallest absolute Gasteiger partial charge is 0.424 e. The zero-order valence-electron chi connectivity index (χ0n) is 21.7. The number of ether oxygens (including phenoxy) is 1. The molecule has 1 aliphatic heterocycles. The largest absolute Gasteiger partial charge is 0.489 e. The Morgan fingerprint density at radius 3 is 2.48 bits per heavy atom. The number of alkyl halides is 3. The molecule has 6 N–H and O–H groups in total. The summed E-state index contributed by atoms with van der Waals surface area (Å²) in [7, 11) is 0. The Balaban J connectivity index is 1.44. The number of hydrogen-bond donors (Lipinski definition) is 4. The first-order chi connectivity index (χ1) is 19.8. The third-order valence-corrected chi connectivity index (χ3v) is 8.64. The number of rotatable bonds is 7. The van der Waals surface area contributed by atoms with Gasteiger partial charge >= 0.3 is 6.18 Å². The van der Waals surface area contributed by atoms with E-state index >= 15 is 0 Å². The molecule has 4 aromatic rings. The Morgan fingerprint density at radius 1 is 1.12 bits per heavy atom. The summed E-state index contributed by atoms with van der Waals surface area (Å²) in [5.41, 5.74) is 6.15. The predicted molar refractivity (Wildman–Crippen MR) is 145 cm³/mol. The number of aliphatic hydroxyl groups is 1. The number of fused-ring (bicyclic) bond motifs is 2. The van der Waals surface area contributed by atoms with E-state index in [4.69, 9.17) is 16.2 Å². The van der Waals surface area contributed by atoms with Gasteiger partial charge in [0.25, 0.3) is 5.91 Å². The summed E-state index contributed by atoms with van der Waals surface area (Å²) in [6, 6.07) is 10.1. The highest BCUT2D eigenvalue weighted by Gasteiger charge is 2.60. The van der Waals surface area contributed by atoms with Gasteiger partial charge in [0.1, 0.15) is 29.3 Å². The standard InChI is InChI=1S/C28H23F4N5O4S/c29-16-6-1-13(2-7-16)21-22-17(26(12-41-22,24(33)39)15-4-5-15)10-20(37-21)27(40,28(30,31)32)11-35-23(38)14-3-8-18-19(9-14)42-25(34)36-18/h1-3,6-10,15,40H,4-5,11-12H2,(H2,33,39)(H2,34,36)(H,35,38)/t26-,27?/m1/s1. The zero-order valence-corrected chi connectivity index (χ0v) is 22.5. The van der Waals surface area contributed by atoms with E-state index in [1.165, 1.54) is 30.3 Å². The van der Waals surface area contributed by atoms with E-state index in [1.54, 1.807) is 0 Å². The van der Waals surface area contributed by atoms with Crippen molar-refractivity contribution in [2.24, 2.45) is 11.7 Å². The fourth-order valence-electron chi connectivity index (χ4n) is 5.34. The van der Waals surface area contributed by atoms with Crippen molar-refractivity contribution in [2.45, 2.75) is 30.0 Å². The summed E-state index contributed by atoms with van der Waals surface area (Å²) in [5.74, 6) is -2.51. The van der Waals surface area contributed by atoms with Gasteiger partial charge in [0.2, 0.25) is 11.5 Å². The van der Waals surface area contributed by atoms with Crippen LogP contribution in [-0.4, -0.2) is 46.2 Å². The maximum Gasteiger partial charge on any atom is 0.424 e. The molecule has 2 atom stereocenters. The van der Waals surface area contributed by atoms with Gasteiger partial charge in [0.15, 0.2) is 5.13 Å². The maximum atomic E-state index is 14.7. The van der Waals surface area contributed by atoms with Crippen LogP contribution in [0.4, 0.5) is 22.7 Å². The number of nitrogens with zero attached hydrogens (tertiary/aromatic N) is 2. The number of nitrogen functional groups attached to an aromatic ring is 1. The van der Waals surface area contributed by atoms with Crippen molar-refractivity contribution in [1.82, 2.24) is 15.3 Å². The van der Waals surface area contributed by atoms with Gasteiger partial charge in [-0.2, -0.15) is 13.2 Å². The van der Waals surface area contributed by atoms with Crippen molar-refractivity contribution in [2.75, 3.05) is 18.9 Å². The SMILES string of the molecule is NC(=O)[C@@]1(C2CC2)COc2c1cc(C(O)(CNC(=O)c1ccc3nc(N)sc3c1)C(F)(F)F)nc2-c1ccc(F)cc1. The number of pyridine rings is 1. The monoisotopic (exact) mass is 601 g/mol. The number of anilines is 1. The summed E-state index contributed by atoms with van der Waals surface area (Å²) in [6.45, 7) is -1.52. The average Bonchev–Trinajstić information content (AvgIpc) is 3.61. The molecule has 42 heavy (non-hydrogen) atoms. The van der Waals surface area contributed by atoms with Crippen LogP contribution in [-0.2, 0) is 15.8 Å². The summed E-state index contributed by atoms with van der Waals surface area (Å²) < 4.78 is 64.1. The van der Waals surface area contributed by atoms with Gasteiger partial charge in [-0.3, -0.25) is 9.59 Å². The minimum Gasteiger partial charge on any atom is -0.489 e. The molecule has 6 rings (SSSR count). The second-order valence-electron chi connectivity index (χ2n) is 10.4. The molecule has 9 nitrogen and oxygen atoms in total. The number of nitrogens with one attached hydrogen (secondary N) is 1. The molecule has 0 saturated heterocycles. The molecule has 0 bridgehead atoms. The van der Waals surface area contributed by atoms with E-state index in [-0.39, 0.29) is 45.8 Å². The number of aromatic nitrogens is 2. The molecule has 3 heterocycles. The average molecular weight is 602 g/mol. The highest BCUT2D eigenvalue weighted by Crippen LogP contribution is 2.56. The lowest BCUT2D eigenvalue weighted by molar-refractivity contribution is -0.265. The van der Waals surface area contributed by atoms with Crippen LogP contribution < -0.4 is 21.5 Å². The van der Waals surface area contributed by atoms with E-state index in [1.807, 2.05) is 0 Å². The van der Waals surface area contributed by atoms with Crippen molar-refractivity contribution in [1.29, 1.82) is 0 Å². The molecule has 1 fully saturated rings. The number of hydrogen-bond acceptors (Lipinski definition) is 8. The van der Waals surface area contributed by atoms with Crippen LogP contribution in [0, 0.1) is 11.7 Å². The Hall–Kier alpha value is -4.30. The van der Waals surface area contributed by atoms with Gasteiger partial charge in [0.05, 0.1) is 22.5 Å². The van der Waals surface area contributed by atoms with Crippen molar-refractivity contribution in [3.05, 3.63) is 71.2 Å². The summed E-state index contributed by atoms with van der Waals surface area (Å²) in [6.07, 6.45) is -4.12. The van der Waals surface area contributed by atoms with Gasteiger partial charge in [-0.15, -0.1) is 0 Å². The van der Waals surface area contributed by atoms with Crippen LogP contribution in [0.5, 0.6) is 5.75 Å². The highest BCUT2D eigenvalue weighted by molar-refractivity contribution is 7.22. The molecule has 14 heteroatoms. The maximum absolute atomic E-state index is 14.7. The van der Waals surface area contributed by atoms with Gasteiger partial charge in [0, 0.05) is 16.7 Å². The van der Waals surface area contributed by atoms with Gasteiger partial charge in [-0.1, -0.05) is 11.3 Å². The fourth-order valence-corrected chi connectivity index (χ4v) is 6.11. The molecule has 2 aromatic carbocycles. The lowest BCUT2D eigenvalue weighted by atomic mass is 9.76. The predicted octanol–water partition coefficient (Wildman–Crippen LogP) is 3.79. The van der Waals surface area contributed by atoms with E-state index in [2.05, 4.69) is 15.3 Å². The van der Waals surface area contributed by atoms with Crippen LogP contribution in [0.2, 0.25) is 0 Å². The number of nitrogens with two attached hydrogens (primary N) is 2. The van der Waals surface area contributed by atoms with E-state index in [0.29, 0.717) is 23.1 Å². The van der Waals surface area contributed by atoms with E-state index in [0.717, 1.165) is 29.5 Å². The molecule has 2 amide bonds. The number of thiazole rings is 1. The third-order valence-electron chi connectivity index (χ3n) is 7.79. The van der Waals surface area contributed by atoms with Crippen LogP contribution in [0.25, 0.3) is 21.5 Å². The normalized spacial score (nSPS) is 19.6. The zero-order chi connectivity index (χ0) is 30.0. The summed E-state index contributed by atoms with van der Waals surface area (Å²) in [5, 5.41) is 13.7. The number of carbonyl (C=O) groups excluding carboxylic acids is 2. The Kier molecular flexibility index (Phi) is 6.38. The number of carbonyl (C=O) groups is 2. The number of amides is 2. The summed E-state index contributed by atoms with van der Waals surface area (Å²) in [4.78, 5) is 33.9. The molecular formula is C28H23F4N5O4S. The van der Waals surface area contributed by atoms with Gasteiger partial charge < -0.3 is 26.6 Å². The van der Waals surface area contributed by atoms with Crippen molar-refractivity contribution < 1.29 is 37.0 Å². The molecule has 2 aromatic heterocycles. The second-order valence-corrected chi connectivity index (χ2v) is 11.5.